The zero-order valence-electron chi connectivity index (χ0n) is 58.0. The SMILES string of the molecule is CC(Oc1cccc(Cl)c1Cl)C(=O)N1CCN(c2ccc(S(=O)(=O)Nc3ccncn3)cc2)C(=O)C1.O=C(CN1CCCc2cc(Cl)ccc21)N1CCN(c2ccc(S(=O)(=O)Nc3nccs3)cc2)C(=O)C1.O=C(N1CCC(c2ccc(S(=O)(=O)Cc3ccncn3)cc2)CC1)C1(c2ccc3c(c2)OCO3)CC1.[HH].[HH]. The zero-order valence-corrected chi connectivity index (χ0v) is 63.6. The first-order chi connectivity index (χ1) is 51.9. The van der Waals surface area contributed by atoms with Gasteiger partial charge >= 0.3 is 0 Å². The van der Waals surface area contributed by atoms with Crippen molar-refractivity contribution in [1.29, 1.82) is 0 Å². The number of piperidine rings is 1. The molecule has 4 fully saturated rings. The Balaban J connectivity index is 0.000000162. The quantitative estimate of drug-likeness (QED) is 0.0759. The molecule has 566 valence electrons. The van der Waals surface area contributed by atoms with Crippen molar-refractivity contribution < 1.29 is 66.3 Å². The highest BCUT2D eigenvalue weighted by Gasteiger charge is 2.54. The predicted molar refractivity (Wildman–Crippen MR) is 411 cm³/mol. The summed E-state index contributed by atoms with van der Waals surface area (Å²) >= 11 is 19.4. The highest BCUT2D eigenvalue weighted by atomic mass is 35.5. The van der Waals surface area contributed by atoms with E-state index in [1.807, 2.05) is 58.3 Å². The average molecular weight is 1610 g/mol. The van der Waals surface area contributed by atoms with Crippen molar-refractivity contribution in [2.75, 3.05) is 96.4 Å². The molecule has 1 saturated carbocycles. The highest BCUT2D eigenvalue weighted by Crippen LogP contribution is 2.52. The number of aromatic nitrogens is 5. The first-order valence-corrected chi connectivity index (χ1v) is 41.0. The number of hydrogen-bond acceptors (Lipinski definition) is 21. The molecule has 3 aromatic heterocycles. The van der Waals surface area contributed by atoms with Crippen LogP contribution in [0.5, 0.6) is 17.2 Å². The maximum atomic E-state index is 13.5. The first-order valence-electron chi connectivity index (χ1n) is 34.4. The van der Waals surface area contributed by atoms with E-state index in [1.165, 1.54) is 94.8 Å². The second kappa shape index (κ2) is 32.8. The summed E-state index contributed by atoms with van der Waals surface area (Å²) in [6, 6.07) is 38.6. The molecule has 108 heavy (non-hydrogen) atoms. The van der Waals surface area contributed by atoms with Gasteiger partial charge in [0.1, 0.15) is 42.3 Å². The number of nitrogens with zero attached hydrogens (tertiary/aromatic N) is 11. The van der Waals surface area contributed by atoms with Crippen molar-refractivity contribution in [2.24, 2.45) is 0 Å². The molecule has 1 aliphatic carbocycles. The lowest BCUT2D eigenvalue weighted by molar-refractivity contribution is -0.142. The summed E-state index contributed by atoms with van der Waals surface area (Å²) in [4.78, 5) is 95.0. The molecule has 8 heterocycles. The van der Waals surface area contributed by atoms with Gasteiger partial charge in [-0.15, -0.1) is 11.3 Å². The van der Waals surface area contributed by atoms with Gasteiger partial charge in [0.2, 0.25) is 30.4 Å². The van der Waals surface area contributed by atoms with Gasteiger partial charge in [-0.05, 0) is 183 Å². The number of benzene rings is 6. The molecule has 0 radical (unpaired) electrons. The van der Waals surface area contributed by atoms with Gasteiger partial charge in [0, 0.05) is 94.7 Å². The molecule has 34 heteroatoms. The number of aryl methyl sites for hydroxylation is 1. The smallest absolute Gasteiger partial charge is 0.263 e. The Kier molecular flexibility index (Phi) is 23.2. The Bertz CT molecular complexity index is 5170. The lowest BCUT2D eigenvalue weighted by Crippen LogP contribution is -2.54. The van der Waals surface area contributed by atoms with Gasteiger partial charge in [-0.1, -0.05) is 59.1 Å². The Labute approximate surface area is 645 Å². The van der Waals surface area contributed by atoms with Crippen molar-refractivity contribution in [3.05, 3.63) is 214 Å². The Morgan fingerprint density at radius 1 is 0.657 bits per heavy atom. The highest BCUT2D eigenvalue weighted by molar-refractivity contribution is 7.93. The fourth-order valence-corrected chi connectivity index (χ4v) is 17.9. The van der Waals surface area contributed by atoms with Crippen LogP contribution in [0.4, 0.5) is 28.0 Å². The number of carbonyl (C=O) groups excluding carboxylic acids is 5. The van der Waals surface area contributed by atoms with Crippen molar-refractivity contribution >= 4 is 134 Å². The molecule has 1 atom stereocenters. The number of rotatable bonds is 19. The molecule has 0 bridgehead atoms. The van der Waals surface area contributed by atoms with Crippen LogP contribution in [0.3, 0.4) is 0 Å². The molecule has 27 nitrogen and oxygen atoms in total. The Morgan fingerprint density at radius 3 is 1.93 bits per heavy atom. The lowest BCUT2D eigenvalue weighted by atomic mass is 9.87. The van der Waals surface area contributed by atoms with E-state index in [4.69, 9.17) is 49.0 Å². The predicted octanol–water partition coefficient (Wildman–Crippen LogP) is 10.6. The van der Waals surface area contributed by atoms with Gasteiger partial charge < -0.3 is 43.6 Å². The summed E-state index contributed by atoms with van der Waals surface area (Å²) in [5.41, 5.74) is 5.41. The van der Waals surface area contributed by atoms with Crippen LogP contribution in [0, 0.1) is 0 Å². The summed E-state index contributed by atoms with van der Waals surface area (Å²) < 4.78 is 97.2. The van der Waals surface area contributed by atoms with Crippen molar-refractivity contribution in [2.45, 2.75) is 83.3 Å². The number of anilines is 5. The van der Waals surface area contributed by atoms with Crippen LogP contribution in [-0.2, 0) is 71.4 Å². The monoisotopic (exact) mass is 1600 g/mol. The van der Waals surface area contributed by atoms with Crippen molar-refractivity contribution in [3.63, 3.8) is 0 Å². The number of piperazine rings is 2. The number of amides is 5. The topological polar surface area (TPSA) is 323 Å². The van der Waals surface area contributed by atoms with E-state index < -0.39 is 41.4 Å². The van der Waals surface area contributed by atoms with Crippen molar-refractivity contribution in [1.82, 2.24) is 39.6 Å². The van der Waals surface area contributed by atoms with Gasteiger partial charge in [-0.3, -0.25) is 33.4 Å². The summed E-state index contributed by atoms with van der Waals surface area (Å²) in [7, 11) is -11.1. The molecule has 5 aliphatic heterocycles. The zero-order chi connectivity index (χ0) is 75.9. The number of halogens is 3. The molecule has 0 spiro atoms. The molecule has 1 unspecified atom stereocenters. The number of likely N-dealkylation sites (tertiary alicyclic amines) is 1. The van der Waals surface area contributed by atoms with Crippen LogP contribution in [0.15, 0.2) is 191 Å². The molecule has 6 aliphatic rings. The van der Waals surface area contributed by atoms with E-state index in [0.29, 0.717) is 65.0 Å². The number of sulfonamides is 2. The second-order valence-electron chi connectivity index (χ2n) is 26.2. The van der Waals surface area contributed by atoms with Crippen LogP contribution in [0.25, 0.3) is 0 Å². The fraction of sp³-hybridized carbons (Fsp3) is 0.297. The number of carbonyl (C=O) groups is 5. The van der Waals surface area contributed by atoms with Crippen LogP contribution in [-0.4, -0.2) is 173 Å². The van der Waals surface area contributed by atoms with E-state index >= 15 is 0 Å². The second-order valence-corrected chi connectivity index (χ2v) is 33.6. The minimum Gasteiger partial charge on any atom is -0.479 e. The van der Waals surface area contributed by atoms with Gasteiger partial charge in [0.15, 0.2) is 32.6 Å². The van der Waals surface area contributed by atoms with Crippen LogP contribution < -0.4 is 38.4 Å². The largest absolute Gasteiger partial charge is 0.479 e. The minimum absolute atomic E-state index is 0. The molecule has 9 aromatic rings. The van der Waals surface area contributed by atoms with Crippen molar-refractivity contribution in [3.8, 4) is 17.2 Å². The standard InChI is InChI=1S/C27H27N3O5S.C24H24ClN5O4S2.C23H21Cl2N5O5S.2H2/c31-26(27(10-11-27)21-3-6-24-25(15-21)35-18-34-24)30-13-8-20(9-14-30)19-1-4-23(5-2-19)36(32,33)16-22-7-12-28-17-29-22;25-18-3-8-21-17(14-18)2-1-10-28(21)15-22(31)29-11-12-30(23(32)16-29)19-4-6-20(7-5-19)36(33,34)27-24-26-9-13-35-24;1-15(35-19-4-2-3-18(24)22(19)25)23(32)29-11-12-30(21(31)13-29)16-5-7-17(8-6-16)36(33,34)28-20-9-10-26-14-27-20;;/h1-7,12,15,17,20H,8-11,13-14,16,18H2;3-9,13-14H,1-2,10-12,15-16H2,(H,26,27);2-10,14-15H,11-13H2,1H3,(H,26,27,28);2*1H. The molecular formula is C74H76Cl3N13O14S4. The third kappa shape index (κ3) is 17.7. The molecule has 3 saturated heterocycles. The Morgan fingerprint density at radius 2 is 1.30 bits per heavy atom. The number of ether oxygens (including phenoxy) is 3. The molecule has 2 N–H and O–H groups in total. The Hall–Kier alpha value is -10.0. The van der Waals surface area contributed by atoms with Gasteiger partial charge in [-0.2, -0.15) is 0 Å². The maximum Gasteiger partial charge on any atom is 0.263 e. The van der Waals surface area contributed by atoms with Crippen LogP contribution in [0.2, 0.25) is 15.1 Å². The summed E-state index contributed by atoms with van der Waals surface area (Å²) in [6.45, 7) is 5.26. The fourth-order valence-electron chi connectivity index (χ4n) is 13.3. The number of thiazole rings is 1. The summed E-state index contributed by atoms with van der Waals surface area (Å²) in [6.07, 6.45) is 11.5. The normalized spacial score (nSPS) is 16.6. The molecule has 6 aromatic carbocycles. The molecule has 5 amide bonds. The van der Waals surface area contributed by atoms with E-state index in [0.717, 1.165) is 73.2 Å². The third-order valence-corrected chi connectivity index (χ3v) is 25.5. The van der Waals surface area contributed by atoms with E-state index in [-0.39, 0.29) is 114 Å². The number of hydrogen-bond donors (Lipinski definition) is 2. The average Bonchev–Trinajstić information content (AvgIpc) is 1.58. The number of sulfone groups is 1. The lowest BCUT2D eigenvalue weighted by Gasteiger charge is -2.37. The molecular weight excluding hydrogens is 1530 g/mol. The van der Waals surface area contributed by atoms with E-state index in [9.17, 15) is 49.2 Å². The van der Waals surface area contributed by atoms with E-state index in [2.05, 4.69) is 34.4 Å². The summed E-state index contributed by atoms with van der Waals surface area (Å²) in [5.74, 6) is 1.23. The number of nitrogens with one attached hydrogen (secondary N) is 2. The van der Waals surface area contributed by atoms with Crippen LogP contribution >= 0.6 is 46.1 Å². The van der Waals surface area contributed by atoms with Gasteiger partial charge in [-0.25, -0.2) is 50.2 Å². The van der Waals surface area contributed by atoms with E-state index in [1.54, 1.807) is 70.6 Å². The minimum atomic E-state index is -3.86. The van der Waals surface area contributed by atoms with Crippen LogP contribution in [0.1, 0.15) is 70.2 Å². The summed E-state index contributed by atoms with van der Waals surface area (Å²) in [5, 5.41) is 3.16. The number of fused-ring (bicyclic) bond motifs is 2. The molecule has 15 rings (SSSR count). The van der Waals surface area contributed by atoms with Gasteiger partial charge in [0.25, 0.3) is 26.0 Å². The first kappa shape index (κ1) is 76.2. The third-order valence-electron chi connectivity index (χ3n) is 19.2. The maximum absolute atomic E-state index is 13.5. The van der Waals surface area contributed by atoms with Gasteiger partial charge in [0.05, 0.1) is 43.1 Å².